The number of rotatable bonds is 6. The SMILES string of the molecule is CN(C)CCn1nc2c3c(c(NCCN)ccc3c1=O)C(=O)c1ccccc1-2. The van der Waals surface area contributed by atoms with E-state index in [1.165, 1.54) is 4.68 Å². The third-order valence-corrected chi connectivity index (χ3v) is 5.00. The highest BCUT2D eigenvalue weighted by Gasteiger charge is 2.30. The van der Waals surface area contributed by atoms with E-state index >= 15 is 0 Å². The Morgan fingerprint density at radius 2 is 1.86 bits per heavy atom. The van der Waals surface area contributed by atoms with Crippen molar-refractivity contribution in [1.82, 2.24) is 14.7 Å². The van der Waals surface area contributed by atoms with Crippen LogP contribution in [-0.2, 0) is 6.54 Å². The lowest BCUT2D eigenvalue weighted by Crippen LogP contribution is -2.30. The normalized spacial score (nSPS) is 12.5. The van der Waals surface area contributed by atoms with Crippen molar-refractivity contribution < 1.29 is 4.79 Å². The molecular weight excluding hydrogens is 354 g/mol. The second-order valence-corrected chi connectivity index (χ2v) is 7.18. The van der Waals surface area contributed by atoms with Gasteiger partial charge in [-0.2, -0.15) is 5.10 Å². The third kappa shape index (κ3) is 2.89. The molecule has 1 heterocycles. The van der Waals surface area contributed by atoms with Gasteiger partial charge in [-0.05, 0) is 26.2 Å². The van der Waals surface area contributed by atoms with Gasteiger partial charge in [-0.1, -0.05) is 24.3 Å². The lowest BCUT2D eigenvalue weighted by atomic mass is 9.85. The predicted molar refractivity (Wildman–Crippen MR) is 111 cm³/mol. The van der Waals surface area contributed by atoms with E-state index in [1.54, 1.807) is 12.1 Å². The van der Waals surface area contributed by atoms with E-state index in [-0.39, 0.29) is 11.3 Å². The maximum absolute atomic E-state index is 13.3. The number of fused-ring (bicyclic) bond motifs is 2. The maximum atomic E-state index is 13.3. The number of hydrogen-bond acceptors (Lipinski definition) is 6. The van der Waals surface area contributed by atoms with E-state index in [0.29, 0.717) is 59.5 Å². The highest BCUT2D eigenvalue weighted by molar-refractivity contribution is 6.27. The fourth-order valence-electron chi connectivity index (χ4n) is 3.63. The molecule has 2 aromatic carbocycles. The van der Waals surface area contributed by atoms with Crippen molar-refractivity contribution in [2.24, 2.45) is 5.73 Å². The molecule has 0 saturated heterocycles. The second-order valence-electron chi connectivity index (χ2n) is 7.18. The van der Waals surface area contributed by atoms with Crippen molar-refractivity contribution in [2.45, 2.75) is 6.54 Å². The number of nitrogens with zero attached hydrogens (tertiary/aromatic N) is 3. The van der Waals surface area contributed by atoms with Gasteiger partial charge < -0.3 is 16.0 Å². The molecule has 1 aliphatic rings. The first-order chi connectivity index (χ1) is 13.5. The van der Waals surface area contributed by atoms with E-state index in [1.807, 2.05) is 43.3 Å². The Morgan fingerprint density at radius 3 is 2.57 bits per heavy atom. The van der Waals surface area contributed by atoms with Crippen LogP contribution in [0.4, 0.5) is 5.69 Å². The minimum Gasteiger partial charge on any atom is -0.383 e. The molecule has 1 aromatic heterocycles. The molecule has 28 heavy (non-hydrogen) atoms. The number of nitrogens with one attached hydrogen (secondary N) is 1. The van der Waals surface area contributed by atoms with Gasteiger partial charge in [-0.25, -0.2) is 4.68 Å². The number of nitrogens with two attached hydrogens (primary N) is 1. The van der Waals surface area contributed by atoms with Crippen molar-refractivity contribution in [1.29, 1.82) is 0 Å². The number of likely N-dealkylation sites (N-methyl/N-ethyl adjacent to an activating group) is 1. The van der Waals surface area contributed by atoms with E-state index in [4.69, 9.17) is 5.73 Å². The lowest BCUT2D eigenvalue weighted by molar-refractivity contribution is 0.104. The summed E-state index contributed by atoms with van der Waals surface area (Å²) in [6, 6.07) is 11.0. The highest BCUT2D eigenvalue weighted by Crippen LogP contribution is 2.39. The van der Waals surface area contributed by atoms with E-state index in [2.05, 4.69) is 10.4 Å². The predicted octanol–water partition coefficient (Wildman–Crippen LogP) is 1.54. The largest absolute Gasteiger partial charge is 0.383 e. The molecule has 0 bridgehead atoms. The van der Waals surface area contributed by atoms with Gasteiger partial charge in [0.05, 0.1) is 17.5 Å². The molecule has 0 unspecified atom stereocenters. The Morgan fingerprint density at radius 1 is 1.11 bits per heavy atom. The third-order valence-electron chi connectivity index (χ3n) is 5.00. The second kappa shape index (κ2) is 7.18. The lowest BCUT2D eigenvalue weighted by Gasteiger charge is -2.23. The van der Waals surface area contributed by atoms with Crippen LogP contribution in [0.15, 0.2) is 41.2 Å². The zero-order valence-electron chi connectivity index (χ0n) is 16.0. The Bertz CT molecular complexity index is 1130. The van der Waals surface area contributed by atoms with E-state index in [0.717, 1.165) is 5.56 Å². The fraction of sp³-hybridized carbons (Fsp3) is 0.286. The number of carbonyl (C=O) groups is 1. The van der Waals surface area contributed by atoms with Gasteiger partial charge in [-0.3, -0.25) is 9.59 Å². The molecule has 0 fully saturated rings. The average molecular weight is 377 g/mol. The van der Waals surface area contributed by atoms with Crippen LogP contribution in [-0.4, -0.2) is 54.2 Å². The Labute approximate surface area is 162 Å². The molecule has 3 aromatic rings. The minimum absolute atomic E-state index is 0.0968. The zero-order valence-corrected chi connectivity index (χ0v) is 16.0. The molecule has 0 atom stereocenters. The molecule has 7 nitrogen and oxygen atoms in total. The van der Waals surface area contributed by atoms with Crippen molar-refractivity contribution in [3.63, 3.8) is 0 Å². The number of hydrogen-bond donors (Lipinski definition) is 2. The standard InChI is InChI=1S/C21H23N5O2/c1-25(2)11-12-26-21(28)15-7-8-16(23-10-9-22)18-17(15)19(24-26)13-5-3-4-6-14(13)20(18)27/h3-8,23H,9-12,22H2,1-2H3. The summed E-state index contributed by atoms with van der Waals surface area (Å²) in [7, 11) is 3.91. The molecule has 0 saturated carbocycles. The van der Waals surface area contributed by atoms with Crippen molar-refractivity contribution in [3.8, 4) is 11.3 Å². The quantitative estimate of drug-likeness (QED) is 0.529. The highest BCUT2D eigenvalue weighted by atomic mass is 16.1. The van der Waals surface area contributed by atoms with Gasteiger partial charge >= 0.3 is 0 Å². The van der Waals surface area contributed by atoms with Crippen LogP contribution in [0, 0.1) is 0 Å². The van der Waals surface area contributed by atoms with E-state index in [9.17, 15) is 9.59 Å². The molecule has 0 aliphatic heterocycles. The summed E-state index contributed by atoms with van der Waals surface area (Å²) in [5.41, 5.74) is 8.67. The van der Waals surface area contributed by atoms with Crippen LogP contribution in [0.1, 0.15) is 15.9 Å². The molecule has 7 heteroatoms. The smallest absolute Gasteiger partial charge is 0.274 e. The Hall–Kier alpha value is -3.03. The maximum Gasteiger partial charge on any atom is 0.274 e. The fourth-order valence-corrected chi connectivity index (χ4v) is 3.63. The van der Waals surface area contributed by atoms with Crippen LogP contribution in [0.5, 0.6) is 0 Å². The average Bonchev–Trinajstić information content (AvgIpc) is 2.70. The zero-order chi connectivity index (χ0) is 19.8. The van der Waals surface area contributed by atoms with Gasteiger partial charge in [-0.15, -0.1) is 0 Å². The monoisotopic (exact) mass is 377 g/mol. The molecule has 3 N–H and O–H groups in total. The van der Waals surface area contributed by atoms with Crippen molar-refractivity contribution >= 4 is 22.2 Å². The molecule has 0 radical (unpaired) electrons. The Balaban J connectivity index is 2.04. The molecule has 4 rings (SSSR count). The van der Waals surface area contributed by atoms with Crippen molar-refractivity contribution in [3.05, 3.63) is 57.9 Å². The van der Waals surface area contributed by atoms with Crippen LogP contribution in [0.2, 0.25) is 0 Å². The van der Waals surface area contributed by atoms with E-state index < -0.39 is 0 Å². The molecule has 144 valence electrons. The summed E-state index contributed by atoms with van der Waals surface area (Å²) in [6.07, 6.45) is 0. The number of anilines is 1. The number of benzene rings is 2. The summed E-state index contributed by atoms with van der Waals surface area (Å²) in [5, 5.41) is 9.02. The van der Waals surface area contributed by atoms with Gasteiger partial charge in [0.15, 0.2) is 5.78 Å². The van der Waals surface area contributed by atoms with Crippen LogP contribution >= 0.6 is 0 Å². The summed E-state index contributed by atoms with van der Waals surface area (Å²) in [5.74, 6) is -0.0968. The topological polar surface area (TPSA) is 93.2 Å². The summed E-state index contributed by atoms with van der Waals surface area (Å²) < 4.78 is 1.50. The first kappa shape index (κ1) is 18.3. The van der Waals surface area contributed by atoms with Crippen LogP contribution < -0.4 is 16.6 Å². The number of ketones is 1. The molecule has 1 aliphatic carbocycles. The first-order valence-corrected chi connectivity index (χ1v) is 9.33. The molecule has 0 amide bonds. The summed E-state index contributed by atoms with van der Waals surface area (Å²) in [4.78, 5) is 28.3. The molecular formula is C21H23N5O2. The van der Waals surface area contributed by atoms with Gasteiger partial charge in [0.1, 0.15) is 5.69 Å². The molecule has 0 spiro atoms. The van der Waals surface area contributed by atoms with Crippen molar-refractivity contribution in [2.75, 3.05) is 39.0 Å². The van der Waals surface area contributed by atoms with Crippen LogP contribution in [0.3, 0.4) is 0 Å². The minimum atomic E-state index is -0.181. The van der Waals surface area contributed by atoms with Gasteiger partial charge in [0.25, 0.3) is 5.56 Å². The number of carbonyl (C=O) groups excluding carboxylic acids is 1. The summed E-state index contributed by atoms with van der Waals surface area (Å²) >= 11 is 0. The summed E-state index contributed by atoms with van der Waals surface area (Å²) in [6.45, 7) is 2.16. The number of aromatic nitrogens is 2. The van der Waals surface area contributed by atoms with Crippen LogP contribution in [0.25, 0.3) is 22.0 Å². The van der Waals surface area contributed by atoms with Gasteiger partial charge in [0.2, 0.25) is 0 Å². The van der Waals surface area contributed by atoms with Gasteiger partial charge in [0, 0.05) is 41.8 Å². The first-order valence-electron chi connectivity index (χ1n) is 9.33. The Kier molecular flexibility index (Phi) is 4.70.